The normalized spacial score (nSPS) is 17.8. The molecule has 1 aromatic carbocycles. The predicted octanol–water partition coefficient (Wildman–Crippen LogP) is 3.55. The number of carboxylic acids is 1. The number of thiazole rings is 1. The number of hydrogen-bond donors (Lipinski definition) is 1. The van der Waals surface area contributed by atoms with Crippen molar-refractivity contribution in [1.29, 1.82) is 0 Å². The Bertz CT molecular complexity index is 648. The maximum Gasteiger partial charge on any atom is 0.308 e. The molecular weight excluding hydrogens is 270 g/mol. The Morgan fingerprint density at radius 3 is 3.05 bits per heavy atom. The summed E-state index contributed by atoms with van der Waals surface area (Å²) in [7, 11) is 0. The van der Waals surface area contributed by atoms with Gasteiger partial charge in [0.1, 0.15) is 5.01 Å². The van der Waals surface area contributed by atoms with Crippen LogP contribution in [0, 0.1) is 6.92 Å². The second-order valence-electron chi connectivity index (χ2n) is 5.27. The first-order chi connectivity index (χ1) is 9.65. The van der Waals surface area contributed by atoms with Crippen LogP contribution in [0.1, 0.15) is 45.5 Å². The molecule has 2 aromatic rings. The molecule has 0 spiro atoms. The van der Waals surface area contributed by atoms with Gasteiger partial charge in [-0.2, -0.15) is 0 Å². The summed E-state index contributed by atoms with van der Waals surface area (Å²) in [4.78, 5) is 16.4. The highest BCUT2D eigenvalue weighted by Crippen LogP contribution is 2.39. The number of benzene rings is 1. The fourth-order valence-corrected chi connectivity index (χ4v) is 4.12. The molecule has 1 aliphatic carbocycles. The average molecular weight is 287 g/mol. The first-order valence-corrected chi connectivity index (χ1v) is 7.72. The van der Waals surface area contributed by atoms with Gasteiger partial charge in [0.05, 0.1) is 12.1 Å². The van der Waals surface area contributed by atoms with Crippen molar-refractivity contribution in [1.82, 2.24) is 4.98 Å². The zero-order valence-corrected chi connectivity index (χ0v) is 12.2. The second kappa shape index (κ2) is 5.37. The van der Waals surface area contributed by atoms with E-state index in [0.29, 0.717) is 5.92 Å². The Morgan fingerprint density at radius 2 is 2.25 bits per heavy atom. The molecule has 0 amide bonds. The second-order valence-corrected chi connectivity index (χ2v) is 6.39. The number of fused-ring (bicyclic) bond motifs is 1. The minimum absolute atomic E-state index is 0.0812. The number of aryl methyl sites for hydroxylation is 2. The molecule has 0 radical (unpaired) electrons. The molecule has 0 saturated carbocycles. The van der Waals surface area contributed by atoms with Gasteiger partial charge in [-0.1, -0.05) is 24.3 Å². The van der Waals surface area contributed by atoms with Crippen molar-refractivity contribution in [2.75, 3.05) is 0 Å². The molecule has 1 heterocycles. The summed E-state index contributed by atoms with van der Waals surface area (Å²) >= 11 is 1.57. The van der Waals surface area contributed by atoms with Gasteiger partial charge >= 0.3 is 5.97 Å². The number of hydrogen-bond acceptors (Lipinski definition) is 3. The van der Waals surface area contributed by atoms with Crippen molar-refractivity contribution in [2.45, 2.75) is 38.5 Å². The lowest BCUT2D eigenvalue weighted by Gasteiger charge is -2.23. The van der Waals surface area contributed by atoms with Gasteiger partial charge in [0.15, 0.2) is 0 Å². The first kappa shape index (κ1) is 13.3. The highest BCUT2D eigenvalue weighted by Gasteiger charge is 2.25. The largest absolute Gasteiger partial charge is 0.481 e. The molecule has 3 nitrogen and oxygen atoms in total. The van der Waals surface area contributed by atoms with E-state index in [9.17, 15) is 4.79 Å². The summed E-state index contributed by atoms with van der Waals surface area (Å²) in [5, 5.41) is 10.0. The molecule has 1 atom stereocenters. The van der Waals surface area contributed by atoms with Crippen LogP contribution in [-0.2, 0) is 17.6 Å². The maximum atomic E-state index is 10.9. The molecule has 1 N–H and O–H groups in total. The predicted molar refractivity (Wildman–Crippen MR) is 79.4 cm³/mol. The van der Waals surface area contributed by atoms with E-state index in [1.807, 2.05) is 6.92 Å². The number of aromatic nitrogens is 1. The van der Waals surface area contributed by atoms with Gasteiger partial charge in [-0.15, -0.1) is 11.3 Å². The molecule has 0 saturated heterocycles. The van der Waals surface area contributed by atoms with Gasteiger partial charge < -0.3 is 5.11 Å². The van der Waals surface area contributed by atoms with Crippen LogP contribution in [0.25, 0.3) is 0 Å². The molecular formula is C16H17NO2S. The minimum Gasteiger partial charge on any atom is -0.481 e. The average Bonchev–Trinajstić information content (AvgIpc) is 2.78. The molecule has 20 heavy (non-hydrogen) atoms. The molecule has 1 aromatic heterocycles. The van der Waals surface area contributed by atoms with Crippen LogP contribution < -0.4 is 0 Å². The molecule has 1 aliphatic rings. The Morgan fingerprint density at radius 1 is 1.45 bits per heavy atom. The molecule has 0 bridgehead atoms. The van der Waals surface area contributed by atoms with E-state index < -0.39 is 5.97 Å². The Labute approximate surface area is 122 Å². The van der Waals surface area contributed by atoms with Crippen LogP contribution in [-0.4, -0.2) is 16.1 Å². The number of rotatable bonds is 3. The summed E-state index contributed by atoms with van der Waals surface area (Å²) < 4.78 is 0. The fraction of sp³-hybridized carbons (Fsp3) is 0.375. The van der Waals surface area contributed by atoms with Gasteiger partial charge in [-0.25, -0.2) is 4.98 Å². The number of nitrogens with zero attached hydrogens (tertiary/aromatic N) is 1. The third-order valence-corrected chi connectivity index (χ3v) is 5.16. The molecule has 104 valence electrons. The third-order valence-electron chi connectivity index (χ3n) is 3.89. The van der Waals surface area contributed by atoms with Crippen molar-refractivity contribution >= 4 is 17.3 Å². The maximum absolute atomic E-state index is 10.9. The van der Waals surface area contributed by atoms with Crippen LogP contribution in [0.15, 0.2) is 24.3 Å². The van der Waals surface area contributed by atoms with Crippen molar-refractivity contribution in [2.24, 2.45) is 0 Å². The molecule has 4 heteroatoms. The van der Waals surface area contributed by atoms with E-state index in [2.05, 4.69) is 29.2 Å². The molecule has 0 fully saturated rings. The zero-order chi connectivity index (χ0) is 14.1. The van der Waals surface area contributed by atoms with Crippen molar-refractivity contribution in [3.8, 4) is 0 Å². The lowest BCUT2D eigenvalue weighted by atomic mass is 9.83. The molecule has 3 rings (SSSR count). The van der Waals surface area contributed by atoms with E-state index in [0.717, 1.165) is 28.4 Å². The third kappa shape index (κ3) is 2.48. The van der Waals surface area contributed by atoms with Gasteiger partial charge in [0, 0.05) is 10.8 Å². The number of carbonyl (C=O) groups is 1. The number of aliphatic carboxylic acids is 1. The standard InChI is InChI=1S/C16H17NO2S/c1-10-14(9-15(18)19)20-16(17-10)13-8-4-6-11-5-2-3-7-12(11)13/h2-3,5,7,13H,4,6,8-9H2,1H3,(H,18,19). The first-order valence-electron chi connectivity index (χ1n) is 6.91. The van der Waals surface area contributed by atoms with Crippen LogP contribution in [0.5, 0.6) is 0 Å². The smallest absolute Gasteiger partial charge is 0.308 e. The monoisotopic (exact) mass is 287 g/mol. The highest BCUT2D eigenvalue weighted by molar-refractivity contribution is 7.12. The molecule has 1 unspecified atom stereocenters. The van der Waals surface area contributed by atoms with E-state index >= 15 is 0 Å². The van der Waals surface area contributed by atoms with E-state index in [-0.39, 0.29) is 6.42 Å². The summed E-state index contributed by atoms with van der Waals surface area (Å²) in [6, 6.07) is 8.55. The van der Waals surface area contributed by atoms with Crippen molar-refractivity contribution in [3.05, 3.63) is 51.0 Å². The van der Waals surface area contributed by atoms with Crippen LogP contribution in [0.2, 0.25) is 0 Å². The summed E-state index contributed by atoms with van der Waals surface area (Å²) in [6.45, 7) is 1.91. The summed E-state index contributed by atoms with van der Waals surface area (Å²) in [5.41, 5.74) is 3.65. The minimum atomic E-state index is -0.785. The number of carboxylic acid groups (broad SMARTS) is 1. The SMILES string of the molecule is Cc1nc(C2CCCc3ccccc32)sc1CC(=O)O. The van der Waals surface area contributed by atoms with Gasteiger partial charge in [-0.05, 0) is 37.3 Å². The van der Waals surface area contributed by atoms with E-state index in [1.54, 1.807) is 11.3 Å². The van der Waals surface area contributed by atoms with Crippen molar-refractivity contribution in [3.63, 3.8) is 0 Å². The highest BCUT2D eigenvalue weighted by atomic mass is 32.1. The lowest BCUT2D eigenvalue weighted by Crippen LogP contribution is -2.10. The van der Waals surface area contributed by atoms with Gasteiger partial charge in [0.25, 0.3) is 0 Å². The lowest BCUT2D eigenvalue weighted by molar-refractivity contribution is -0.136. The quantitative estimate of drug-likeness (QED) is 0.939. The van der Waals surface area contributed by atoms with Crippen LogP contribution in [0.4, 0.5) is 0 Å². The van der Waals surface area contributed by atoms with E-state index in [4.69, 9.17) is 5.11 Å². The molecule has 0 aliphatic heterocycles. The van der Waals surface area contributed by atoms with Crippen molar-refractivity contribution < 1.29 is 9.90 Å². The van der Waals surface area contributed by atoms with Gasteiger partial charge in [-0.3, -0.25) is 4.79 Å². The van der Waals surface area contributed by atoms with E-state index in [1.165, 1.54) is 17.5 Å². The van der Waals surface area contributed by atoms with Crippen LogP contribution in [0.3, 0.4) is 0 Å². The zero-order valence-electron chi connectivity index (χ0n) is 11.4. The van der Waals surface area contributed by atoms with Crippen LogP contribution >= 0.6 is 11.3 Å². The fourth-order valence-electron chi connectivity index (χ4n) is 2.91. The topological polar surface area (TPSA) is 50.2 Å². The van der Waals surface area contributed by atoms with Gasteiger partial charge in [0.2, 0.25) is 0 Å². The summed E-state index contributed by atoms with van der Waals surface area (Å²) in [5.74, 6) is -0.446. The summed E-state index contributed by atoms with van der Waals surface area (Å²) in [6.07, 6.45) is 3.50. The Balaban J connectivity index is 1.96. The Hall–Kier alpha value is -1.68. The Kier molecular flexibility index (Phi) is 3.57.